The van der Waals surface area contributed by atoms with Gasteiger partial charge in [0.1, 0.15) is 5.82 Å². The third-order valence-corrected chi connectivity index (χ3v) is 2.61. The quantitative estimate of drug-likeness (QED) is 0.861. The van der Waals surface area contributed by atoms with E-state index in [1.807, 2.05) is 6.07 Å². The minimum atomic E-state index is -0.223. The number of halogens is 2. The van der Waals surface area contributed by atoms with Crippen molar-refractivity contribution in [1.29, 1.82) is 0 Å². The minimum Gasteiger partial charge on any atom is -0.385 e. The average molecular weight is 260 g/mol. The molecule has 1 aromatic rings. The predicted octanol–water partition coefficient (Wildman–Crippen LogP) is 4.05. The van der Waals surface area contributed by atoms with Crippen molar-refractivity contribution in [1.82, 2.24) is 0 Å². The van der Waals surface area contributed by atoms with Crippen LogP contribution in [0.4, 0.5) is 10.1 Å². The second-order valence-electron chi connectivity index (χ2n) is 3.74. The highest BCUT2D eigenvalue weighted by molar-refractivity contribution is 9.10. The van der Waals surface area contributed by atoms with Gasteiger partial charge < -0.3 is 5.32 Å². The van der Waals surface area contributed by atoms with E-state index >= 15 is 0 Å². The summed E-state index contributed by atoms with van der Waals surface area (Å²) in [4.78, 5) is 0. The molecule has 0 aliphatic rings. The van der Waals surface area contributed by atoms with Crippen molar-refractivity contribution in [2.45, 2.75) is 20.3 Å². The van der Waals surface area contributed by atoms with E-state index in [1.165, 1.54) is 6.07 Å². The second kappa shape index (κ2) is 5.35. The Hall–Kier alpha value is -0.570. The Balaban J connectivity index is 2.47. The molecule has 0 amide bonds. The zero-order valence-electron chi connectivity index (χ0n) is 8.48. The molecule has 78 valence electrons. The number of hydrogen-bond donors (Lipinski definition) is 1. The van der Waals surface area contributed by atoms with Gasteiger partial charge in [-0.2, -0.15) is 0 Å². The Morgan fingerprint density at radius 3 is 2.71 bits per heavy atom. The van der Waals surface area contributed by atoms with Gasteiger partial charge >= 0.3 is 0 Å². The van der Waals surface area contributed by atoms with E-state index in [-0.39, 0.29) is 5.82 Å². The summed E-state index contributed by atoms with van der Waals surface area (Å²) >= 11 is 3.12. The predicted molar refractivity (Wildman–Crippen MR) is 62.0 cm³/mol. The summed E-state index contributed by atoms with van der Waals surface area (Å²) in [7, 11) is 0. The molecular formula is C11H15BrFN. The molecular weight excluding hydrogens is 245 g/mol. The molecule has 14 heavy (non-hydrogen) atoms. The Kier molecular flexibility index (Phi) is 4.39. The van der Waals surface area contributed by atoms with Crippen LogP contribution in [0.3, 0.4) is 0 Å². The first-order valence-corrected chi connectivity index (χ1v) is 5.58. The molecule has 0 heterocycles. The lowest BCUT2D eigenvalue weighted by molar-refractivity contribution is 0.605. The lowest BCUT2D eigenvalue weighted by Gasteiger charge is -2.08. The maximum absolute atomic E-state index is 13.1. The summed E-state index contributed by atoms with van der Waals surface area (Å²) < 4.78 is 13.6. The summed E-state index contributed by atoms with van der Waals surface area (Å²) in [6, 6.07) is 5.09. The Labute approximate surface area is 92.8 Å². The SMILES string of the molecule is CC(C)CCNc1ccc(Br)c(F)c1. The largest absolute Gasteiger partial charge is 0.385 e. The van der Waals surface area contributed by atoms with Gasteiger partial charge in [-0.25, -0.2) is 4.39 Å². The van der Waals surface area contributed by atoms with Gasteiger partial charge in [-0.15, -0.1) is 0 Å². The zero-order valence-corrected chi connectivity index (χ0v) is 10.1. The van der Waals surface area contributed by atoms with E-state index < -0.39 is 0 Å². The van der Waals surface area contributed by atoms with Crippen molar-refractivity contribution < 1.29 is 4.39 Å². The Morgan fingerprint density at radius 2 is 2.14 bits per heavy atom. The van der Waals surface area contributed by atoms with Crippen LogP contribution < -0.4 is 5.32 Å². The molecule has 0 spiro atoms. The van der Waals surface area contributed by atoms with Crippen LogP contribution in [0.1, 0.15) is 20.3 Å². The van der Waals surface area contributed by atoms with Crippen LogP contribution in [0.5, 0.6) is 0 Å². The third kappa shape index (κ3) is 3.66. The van der Waals surface area contributed by atoms with Crippen molar-refractivity contribution in [3.63, 3.8) is 0 Å². The molecule has 1 N–H and O–H groups in total. The van der Waals surface area contributed by atoms with E-state index in [9.17, 15) is 4.39 Å². The fourth-order valence-electron chi connectivity index (χ4n) is 1.11. The van der Waals surface area contributed by atoms with Crippen LogP contribution >= 0.6 is 15.9 Å². The molecule has 0 bridgehead atoms. The van der Waals surface area contributed by atoms with Crippen LogP contribution in [-0.4, -0.2) is 6.54 Å². The first kappa shape index (κ1) is 11.5. The van der Waals surface area contributed by atoms with Gasteiger partial charge in [0.15, 0.2) is 0 Å². The van der Waals surface area contributed by atoms with Crippen molar-refractivity contribution >= 4 is 21.6 Å². The number of nitrogens with one attached hydrogen (secondary N) is 1. The van der Waals surface area contributed by atoms with Gasteiger partial charge in [-0.05, 0) is 46.5 Å². The van der Waals surface area contributed by atoms with Crippen LogP contribution in [0, 0.1) is 11.7 Å². The van der Waals surface area contributed by atoms with Gasteiger partial charge in [0.05, 0.1) is 4.47 Å². The maximum atomic E-state index is 13.1. The number of anilines is 1. The molecule has 1 aromatic carbocycles. The van der Waals surface area contributed by atoms with Crippen molar-refractivity contribution in [3.8, 4) is 0 Å². The molecule has 1 nitrogen and oxygen atoms in total. The molecule has 0 fully saturated rings. The smallest absolute Gasteiger partial charge is 0.139 e. The van der Waals surface area contributed by atoms with E-state index in [1.54, 1.807) is 6.07 Å². The second-order valence-corrected chi connectivity index (χ2v) is 4.59. The number of hydrogen-bond acceptors (Lipinski definition) is 1. The fraction of sp³-hybridized carbons (Fsp3) is 0.455. The van der Waals surface area contributed by atoms with E-state index in [0.29, 0.717) is 10.4 Å². The van der Waals surface area contributed by atoms with Gasteiger partial charge in [-0.3, -0.25) is 0 Å². The molecule has 0 unspecified atom stereocenters. The van der Waals surface area contributed by atoms with E-state index in [2.05, 4.69) is 35.1 Å². The zero-order chi connectivity index (χ0) is 10.6. The molecule has 0 saturated carbocycles. The molecule has 3 heteroatoms. The first-order valence-electron chi connectivity index (χ1n) is 4.78. The lowest BCUT2D eigenvalue weighted by atomic mass is 10.1. The Bertz CT molecular complexity index is 299. The van der Waals surface area contributed by atoms with Crippen LogP contribution in [0.15, 0.2) is 22.7 Å². The van der Waals surface area contributed by atoms with Crippen LogP contribution in [0.2, 0.25) is 0 Å². The van der Waals surface area contributed by atoms with Crippen molar-refractivity contribution in [2.75, 3.05) is 11.9 Å². The van der Waals surface area contributed by atoms with Crippen LogP contribution in [-0.2, 0) is 0 Å². The highest BCUT2D eigenvalue weighted by Crippen LogP contribution is 2.19. The summed E-state index contributed by atoms with van der Waals surface area (Å²) in [6.07, 6.45) is 1.09. The van der Waals surface area contributed by atoms with Crippen LogP contribution in [0.25, 0.3) is 0 Å². The first-order chi connectivity index (χ1) is 6.59. The fourth-order valence-corrected chi connectivity index (χ4v) is 1.36. The highest BCUT2D eigenvalue weighted by Gasteiger charge is 2.00. The monoisotopic (exact) mass is 259 g/mol. The Morgan fingerprint density at radius 1 is 1.43 bits per heavy atom. The maximum Gasteiger partial charge on any atom is 0.139 e. The van der Waals surface area contributed by atoms with E-state index in [4.69, 9.17) is 0 Å². The minimum absolute atomic E-state index is 0.223. The number of benzene rings is 1. The molecule has 0 atom stereocenters. The summed E-state index contributed by atoms with van der Waals surface area (Å²) in [6.45, 7) is 5.23. The molecule has 0 radical (unpaired) electrons. The molecule has 0 aromatic heterocycles. The summed E-state index contributed by atoms with van der Waals surface area (Å²) in [5.41, 5.74) is 0.839. The number of rotatable bonds is 4. The highest BCUT2D eigenvalue weighted by atomic mass is 79.9. The summed E-state index contributed by atoms with van der Waals surface area (Å²) in [5, 5.41) is 3.18. The normalized spacial score (nSPS) is 10.6. The van der Waals surface area contributed by atoms with E-state index in [0.717, 1.165) is 18.7 Å². The van der Waals surface area contributed by atoms with Gasteiger partial charge in [0.25, 0.3) is 0 Å². The molecule has 1 rings (SSSR count). The molecule has 0 aliphatic heterocycles. The van der Waals surface area contributed by atoms with Gasteiger partial charge in [-0.1, -0.05) is 13.8 Å². The topological polar surface area (TPSA) is 12.0 Å². The molecule has 0 aliphatic carbocycles. The van der Waals surface area contributed by atoms with Crippen molar-refractivity contribution in [2.24, 2.45) is 5.92 Å². The third-order valence-electron chi connectivity index (χ3n) is 1.97. The average Bonchev–Trinajstić information content (AvgIpc) is 2.10. The van der Waals surface area contributed by atoms with Gasteiger partial charge in [0.2, 0.25) is 0 Å². The molecule has 0 saturated heterocycles. The summed E-state index contributed by atoms with van der Waals surface area (Å²) in [5.74, 6) is 0.447. The lowest BCUT2D eigenvalue weighted by Crippen LogP contribution is -2.04. The van der Waals surface area contributed by atoms with Gasteiger partial charge in [0, 0.05) is 12.2 Å². The van der Waals surface area contributed by atoms with Crippen molar-refractivity contribution in [3.05, 3.63) is 28.5 Å². The standard InChI is InChI=1S/C11H15BrFN/c1-8(2)5-6-14-9-3-4-10(12)11(13)7-9/h3-4,7-8,14H,5-6H2,1-2H3.